The number of carbonyl (C=O) groups excluding carboxylic acids is 1. The van der Waals surface area contributed by atoms with Crippen molar-refractivity contribution < 1.29 is 19.0 Å². The fourth-order valence-corrected chi connectivity index (χ4v) is 4.20. The van der Waals surface area contributed by atoms with Crippen LogP contribution in [0.1, 0.15) is 27.8 Å². The number of fused-ring (bicyclic) bond motifs is 2. The van der Waals surface area contributed by atoms with E-state index in [2.05, 4.69) is 56.3 Å². The number of aromatic amines is 1. The van der Waals surface area contributed by atoms with E-state index in [4.69, 9.17) is 14.2 Å². The van der Waals surface area contributed by atoms with E-state index in [9.17, 15) is 4.79 Å². The number of rotatable bonds is 7. The van der Waals surface area contributed by atoms with Gasteiger partial charge in [0.05, 0.1) is 12.3 Å². The number of nitrogens with one attached hydrogen (secondary N) is 2. The van der Waals surface area contributed by atoms with Crippen LogP contribution >= 0.6 is 0 Å². The summed E-state index contributed by atoms with van der Waals surface area (Å²) in [5, 5.41) is 19.2. The Labute approximate surface area is 212 Å². The van der Waals surface area contributed by atoms with Gasteiger partial charge in [0.2, 0.25) is 5.82 Å². The summed E-state index contributed by atoms with van der Waals surface area (Å²) in [7, 11) is 0. The molecule has 1 amide bonds. The van der Waals surface area contributed by atoms with Crippen molar-refractivity contribution in [3.05, 3.63) is 102 Å². The van der Waals surface area contributed by atoms with Crippen molar-refractivity contribution in [1.29, 1.82) is 0 Å². The molecule has 184 valence electrons. The van der Waals surface area contributed by atoms with Crippen molar-refractivity contribution in [3.8, 4) is 17.2 Å². The second-order valence-corrected chi connectivity index (χ2v) is 8.58. The van der Waals surface area contributed by atoms with Crippen LogP contribution in [-0.2, 0) is 6.42 Å². The largest absolute Gasteiger partial charge is 0.493 e. The predicted octanol–water partition coefficient (Wildman–Crippen LogP) is 4.74. The molecule has 1 atom stereocenters. The van der Waals surface area contributed by atoms with Gasteiger partial charge in [-0.05, 0) is 52.7 Å². The number of nitrogens with zero attached hydrogens (tertiary/aromatic N) is 3. The van der Waals surface area contributed by atoms with Gasteiger partial charge in [-0.15, -0.1) is 10.2 Å². The zero-order valence-electron chi connectivity index (χ0n) is 19.8. The number of hydrogen-bond acceptors (Lipinski definition) is 7. The van der Waals surface area contributed by atoms with Crippen molar-refractivity contribution in [1.82, 2.24) is 20.6 Å². The van der Waals surface area contributed by atoms with Crippen molar-refractivity contribution in [3.63, 3.8) is 0 Å². The molecule has 2 N–H and O–H groups in total. The predicted molar refractivity (Wildman–Crippen MR) is 137 cm³/mol. The normalized spacial score (nSPS) is 14.3. The third-order valence-corrected chi connectivity index (χ3v) is 6.12. The molecule has 5 aromatic rings. The topological polar surface area (TPSA) is 111 Å². The summed E-state index contributed by atoms with van der Waals surface area (Å²) >= 11 is 0. The first-order chi connectivity index (χ1) is 18.2. The highest BCUT2D eigenvalue weighted by Gasteiger charge is 2.28. The molecule has 1 unspecified atom stereocenters. The van der Waals surface area contributed by atoms with Gasteiger partial charge < -0.3 is 19.5 Å². The van der Waals surface area contributed by atoms with Crippen molar-refractivity contribution in [2.45, 2.75) is 12.5 Å². The SMILES string of the molecule is O=C(Nc1cccc2c1OC(c1nn[nH]n1)CO2)c1ccc(OCCc2ccc3ccccc3c2)cc1. The van der Waals surface area contributed by atoms with Crippen molar-refractivity contribution in [2.24, 2.45) is 0 Å². The molecular formula is C28H23N5O4. The van der Waals surface area contributed by atoms with E-state index in [0.717, 1.165) is 6.42 Å². The van der Waals surface area contributed by atoms with E-state index in [0.29, 0.717) is 40.9 Å². The molecule has 1 aromatic heterocycles. The molecule has 1 aliphatic heterocycles. The van der Waals surface area contributed by atoms with E-state index in [1.807, 2.05) is 12.1 Å². The second kappa shape index (κ2) is 9.98. The minimum absolute atomic E-state index is 0.242. The number of amides is 1. The number of ether oxygens (including phenoxy) is 3. The lowest BCUT2D eigenvalue weighted by Gasteiger charge is -2.26. The molecular weight excluding hydrogens is 470 g/mol. The first kappa shape index (κ1) is 22.5. The molecule has 0 spiro atoms. The Morgan fingerprint density at radius 3 is 2.70 bits per heavy atom. The Morgan fingerprint density at radius 1 is 1.00 bits per heavy atom. The number of para-hydroxylation sites is 1. The lowest BCUT2D eigenvalue weighted by Crippen LogP contribution is -2.24. The molecule has 2 heterocycles. The summed E-state index contributed by atoms with van der Waals surface area (Å²) < 4.78 is 17.7. The van der Waals surface area contributed by atoms with Gasteiger partial charge in [0.15, 0.2) is 17.6 Å². The Hall–Kier alpha value is -4.92. The summed E-state index contributed by atoms with van der Waals surface area (Å²) in [6.07, 6.45) is 0.259. The molecule has 9 nitrogen and oxygen atoms in total. The van der Waals surface area contributed by atoms with Crippen LogP contribution in [-0.4, -0.2) is 39.7 Å². The summed E-state index contributed by atoms with van der Waals surface area (Å²) in [6, 6.07) is 27.1. The van der Waals surface area contributed by atoms with Gasteiger partial charge in [-0.3, -0.25) is 4.79 Å². The molecule has 4 aromatic carbocycles. The molecule has 0 bridgehead atoms. The minimum Gasteiger partial charge on any atom is -0.493 e. The molecule has 9 heteroatoms. The number of anilines is 1. The number of carbonyl (C=O) groups is 1. The highest BCUT2D eigenvalue weighted by atomic mass is 16.6. The zero-order valence-corrected chi connectivity index (χ0v) is 19.8. The molecule has 0 saturated carbocycles. The van der Waals surface area contributed by atoms with Crippen LogP contribution in [0.25, 0.3) is 10.8 Å². The van der Waals surface area contributed by atoms with Gasteiger partial charge in [-0.2, -0.15) is 5.21 Å². The lowest BCUT2D eigenvalue weighted by atomic mass is 10.1. The van der Waals surface area contributed by atoms with Gasteiger partial charge in [0.25, 0.3) is 5.91 Å². The van der Waals surface area contributed by atoms with Crippen LogP contribution in [0.4, 0.5) is 5.69 Å². The third-order valence-electron chi connectivity index (χ3n) is 6.12. The van der Waals surface area contributed by atoms with Gasteiger partial charge in [-0.1, -0.05) is 53.7 Å². The fraction of sp³-hybridized carbons (Fsp3) is 0.143. The van der Waals surface area contributed by atoms with Gasteiger partial charge in [0.1, 0.15) is 12.4 Å². The summed E-state index contributed by atoms with van der Waals surface area (Å²) in [6.45, 7) is 0.783. The van der Waals surface area contributed by atoms with Crippen LogP contribution in [0.15, 0.2) is 84.9 Å². The van der Waals surface area contributed by atoms with E-state index in [1.54, 1.807) is 42.5 Å². The van der Waals surface area contributed by atoms with Gasteiger partial charge in [0, 0.05) is 12.0 Å². The van der Waals surface area contributed by atoms with Crippen LogP contribution in [0.5, 0.6) is 17.2 Å². The maximum atomic E-state index is 12.9. The maximum Gasteiger partial charge on any atom is 0.255 e. The molecule has 0 aliphatic carbocycles. The third kappa shape index (κ3) is 4.92. The molecule has 0 fully saturated rings. The standard InChI is InChI=1S/C28H23N5O4/c34-28(29-23-6-3-7-24-26(23)37-25(17-36-24)27-30-32-33-31-27)20-10-12-22(13-11-20)35-15-14-18-8-9-19-4-1-2-5-21(19)16-18/h1-13,16,25H,14-15,17H2,(H,29,34)(H,30,31,32,33). The highest BCUT2D eigenvalue weighted by Crippen LogP contribution is 2.41. The van der Waals surface area contributed by atoms with Crippen LogP contribution in [0.3, 0.4) is 0 Å². The number of aromatic nitrogens is 4. The molecule has 37 heavy (non-hydrogen) atoms. The number of benzene rings is 4. The average Bonchev–Trinajstić information content (AvgIpc) is 3.49. The molecule has 0 radical (unpaired) electrons. The molecule has 0 saturated heterocycles. The molecule has 1 aliphatic rings. The quantitative estimate of drug-likeness (QED) is 0.337. The molecule has 6 rings (SSSR count). The van der Waals surface area contributed by atoms with Crippen LogP contribution in [0.2, 0.25) is 0 Å². The smallest absolute Gasteiger partial charge is 0.255 e. The van der Waals surface area contributed by atoms with Gasteiger partial charge in [-0.25, -0.2) is 0 Å². The number of H-pyrrole nitrogens is 1. The number of hydrogen-bond donors (Lipinski definition) is 2. The number of tetrazole rings is 1. The van der Waals surface area contributed by atoms with Crippen LogP contribution in [0, 0.1) is 0 Å². The van der Waals surface area contributed by atoms with Crippen molar-refractivity contribution in [2.75, 3.05) is 18.5 Å². The zero-order chi connectivity index (χ0) is 25.0. The van der Waals surface area contributed by atoms with Crippen molar-refractivity contribution >= 4 is 22.4 Å². The second-order valence-electron chi connectivity index (χ2n) is 8.58. The lowest BCUT2D eigenvalue weighted by molar-refractivity contribution is 0.0856. The Bertz CT molecular complexity index is 1540. The summed E-state index contributed by atoms with van der Waals surface area (Å²) in [5.74, 6) is 1.76. The summed E-state index contributed by atoms with van der Waals surface area (Å²) in [4.78, 5) is 12.9. The Balaban J connectivity index is 1.07. The summed E-state index contributed by atoms with van der Waals surface area (Å²) in [5.41, 5.74) is 2.20. The monoisotopic (exact) mass is 493 g/mol. The van der Waals surface area contributed by atoms with Gasteiger partial charge >= 0.3 is 0 Å². The van der Waals surface area contributed by atoms with E-state index in [-0.39, 0.29) is 12.5 Å². The highest BCUT2D eigenvalue weighted by molar-refractivity contribution is 6.05. The van der Waals surface area contributed by atoms with E-state index in [1.165, 1.54) is 16.3 Å². The van der Waals surface area contributed by atoms with E-state index >= 15 is 0 Å². The van der Waals surface area contributed by atoms with Crippen LogP contribution < -0.4 is 19.5 Å². The maximum absolute atomic E-state index is 12.9. The average molecular weight is 494 g/mol. The first-order valence-corrected chi connectivity index (χ1v) is 11.9. The first-order valence-electron chi connectivity index (χ1n) is 11.9. The minimum atomic E-state index is -0.532. The fourth-order valence-electron chi connectivity index (χ4n) is 4.20. The Kier molecular flexibility index (Phi) is 6.08. The van der Waals surface area contributed by atoms with E-state index < -0.39 is 6.10 Å². The Morgan fingerprint density at radius 2 is 1.86 bits per heavy atom.